The molecular formula is C13H18BrNO3. The standard InChI is InChI=1S/C13H18BrNO3/c1-2-18-13(17)10(4-3-7-14)9-5-6-12(16)11(9)8-15/h9-11H,2-7H2,1H3. The summed E-state index contributed by atoms with van der Waals surface area (Å²) in [4.78, 5) is 23.5. The third-order valence-electron chi connectivity index (χ3n) is 3.39. The summed E-state index contributed by atoms with van der Waals surface area (Å²) in [7, 11) is 0. The fourth-order valence-electron chi connectivity index (χ4n) is 2.52. The van der Waals surface area contributed by atoms with Crippen LogP contribution in [0.25, 0.3) is 0 Å². The zero-order chi connectivity index (χ0) is 13.5. The summed E-state index contributed by atoms with van der Waals surface area (Å²) in [6.07, 6.45) is 2.54. The third kappa shape index (κ3) is 3.55. The fourth-order valence-corrected chi connectivity index (χ4v) is 2.85. The number of carbonyl (C=O) groups is 2. The second kappa shape index (κ2) is 7.52. The lowest BCUT2D eigenvalue weighted by molar-refractivity contribution is -0.150. The van der Waals surface area contributed by atoms with Gasteiger partial charge in [0.15, 0.2) is 0 Å². The third-order valence-corrected chi connectivity index (χ3v) is 3.95. The lowest BCUT2D eigenvalue weighted by Crippen LogP contribution is -2.29. The maximum Gasteiger partial charge on any atom is 0.309 e. The van der Waals surface area contributed by atoms with Crippen molar-refractivity contribution in [3.05, 3.63) is 0 Å². The van der Waals surface area contributed by atoms with Crippen LogP contribution in [0.15, 0.2) is 0 Å². The number of nitriles is 1. The van der Waals surface area contributed by atoms with E-state index in [1.165, 1.54) is 0 Å². The molecule has 0 bridgehead atoms. The highest BCUT2D eigenvalue weighted by Crippen LogP contribution is 2.37. The van der Waals surface area contributed by atoms with Gasteiger partial charge in [-0.2, -0.15) is 5.26 Å². The molecular weight excluding hydrogens is 298 g/mol. The van der Waals surface area contributed by atoms with E-state index in [-0.39, 0.29) is 23.6 Å². The molecule has 18 heavy (non-hydrogen) atoms. The van der Waals surface area contributed by atoms with Gasteiger partial charge in [-0.1, -0.05) is 15.9 Å². The van der Waals surface area contributed by atoms with Gasteiger partial charge in [0.1, 0.15) is 11.7 Å². The number of Topliss-reactive ketones (excluding diaryl/α,β-unsaturated/α-hetero) is 1. The van der Waals surface area contributed by atoms with E-state index in [2.05, 4.69) is 15.9 Å². The second-order valence-corrected chi connectivity index (χ2v) is 5.26. The average Bonchev–Trinajstić information content (AvgIpc) is 2.71. The van der Waals surface area contributed by atoms with Gasteiger partial charge in [0.05, 0.1) is 18.6 Å². The van der Waals surface area contributed by atoms with Crippen molar-refractivity contribution in [3.63, 3.8) is 0 Å². The number of esters is 1. The first-order valence-corrected chi connectivity index (χ1v) is 7.42. The molecule has 100 valence electrons. The molecule has 3 atom stereocenters. The topological polar surface area (TPSA) is 67.2 Å². The van der Waals surface area contributed by atoms with Crippen LogP contribution in [0.3, 0.4) is 0 Å². The van der Waals surface area contributed by atoms with Crippen molar-refractivity contribution in [1.82, 2.24) is 0 Å². The van der Waals surface area contributed by atoms with Crippen LogP contribution in [0.1, 0.15) is 32.6 Å². The number of ether oxygens (including phenoxy) is 1. The van der Waals surface area contributed by atoms with Gasteiger partial charge in [-0.25, -0.2) is 0 Å². The van der Waals surface area contributed by atoms with Crippen molar-refractivity contribution in [3.8, 4) is 6.07 Å². The van der Waals surface area contributed by atoms with Gasteiger partial charge in [0.2, 0.25) is 0 Å². The van der Waals surface area contributed by atoms with E-state index >= 15 is 0 Å². The minimum Gasteiger partial charge on any atom is -0.466 e. The number of halogens is 1. The maximum absolute atomic E-state index is 11.9. The molecule has 5 heteroatoms. The summed E-state index contributed by atoms with van der Waals surface area (Å²) in [6, 6.07) is 2.05. The Morgan fingerprint density at radius 2 is 2.39 bits per heavy atom. The number of alkyl halides is 1. The zero-order valence-electron chi connectivity index (χ0n) is 10.5. The van der Waals surface area contributed by atoms with Crippen molar-refractivity contribution in [2.75, 3.05) is 11.9 Å². The van der Waals surface area contributed by atoms with Gasteiger partial charge in [-0.15, -0.1) is 0 Å². The molecule has 4 nitrogen and oxygen atoms in total. The Kier molecular flexibility index (Phi) is 6.34. The van der Waals surface area contributed by atoms with E-state index in [0.717, 1.165) is 11.8 Å². The summed E-state index contributed by atoms with van der Waals surface area (Å²) in [5.41, 5.74) is 0. The van der Waals surface area contributed by atoms with Gasteiger partial charge in [0, 0.05) is 11.8 Å². The van der Waals surface area contributed by atoms with Gasteiger partial charge in [-0.05, 0) is 32.1 Å². The Balaban J connectivity index is 2.79. The molecule has 0 saturated heterocycles. The molecule has 0 aliphatic heterocycles. The number of hydrogen-bond acceptors (Lipinski definition) is 4. The monoisotopic (exact) mass is 315 g/mol. The van der Waals surface area contributed by atoms with Crippen LogP contribution in [-0.4, -0.2) is 23.7 Å². The average molecular weight is 316 g/mol. The summed E-state index contributed by atoms with van der Waals surface area (Å²) < 4.78 is 5.07. The van der Waals surface area contributed by atoms with E-state index in [4.69, 9.17) is 10.00 Å². The Bertz CT molecular complexity index is 351. The molecule has 1 saturated carbocycles. The fraction of sp³-hybridized carbons (Fsp3) is 0.769. The smallest absolute Gasteiger partial charge is 0.309 e. The molecule has 0 radical (unpaired) electrons. The van der Waals surface area contributed by atoms with E-state index in [1.807, 2.05) is 6.07 Å². The molecule has 0 aromatic heterocycles. The molecule has 3 unspecified atom stereocenters. The molecule has 1 aliphatic carbocycles. The minimum atomic E-state index is -0.630. The lowest BCUT2D eigenvalue weighted by atomic mass is 9.81. The van der Waals surface area contributed by atoms with Crippen LogP contribution in [-0.2, 0) is 14.3 Å². The Morgan fingerprint density at radius 1 is 1.67 bits per heavy atom. The molecule has 1 aliphatic rings. The summed E-state index contributed by atoms with van der Waals surface area (Å²) >= 11 is 3.33. The summed E-state index contributed by atoms with van der Waals surface area (Å²) in [5.74, 6) is -1.41. The maximum atomic E-state index is 11.9. The van der Waals surface area contributed by atoms with Crippen molar-refractivity contribution < 1.29 is 14.3 Å². The number of carbonyl (C=O) groups excluding carboxylic acids is 2. The predicted molar refractivity (Wildman–Crippen MR) is 70.0 cm³/mol. The van der Waals surface area contributed by atoms with Crippen molar-refractivity contribution in [2.24, 2.45) is 17.8 Å². The molecule has 0 aromatic carbocycles. The first-order valence-electron chi connectivity index (χ1n) is 6.30. The molecule has 0 heterocycles. The molecule has 0 amide bonds. The van der Waals surface area contributed by atoms with Crippen LogP contribution in [0.2, 0.25) is 0 Å². The lowest BCUT2D eigenvalue weighted by Gasteiger charge is -2.22. The van der Waals surface area contributed by atoms with Gasteiger partial charge in [0.25, 0.3) is 0 Å². The summed E-state index contributed by atoms with van der Waals surface area (Å²) in [6.45, 7) is 2.10. The second-order valence-electron chi connectivity index (χ2n) is 4.47. The zero-order valence-corrected chi connectivity index (χ0v) is 12.1. The van der Waals surface area contributed by atoms with E-state index in [9.17, 15) is 9.59 Å². The summed E-state index contributed by atoms with van der Waals surface area (Å²) in [5, 5.41) is 9.87. The SMILES string of the molecule is CCOC(=O)C(CCCBr)C1CCC(=O)C1C#N. The first-order chi connectivity index (χ1) is 8.65. The van der Waals surface area contributed by atoms with Gasteiger partial charge < -0.3 is 4.74 Å². The highest BCUT2D eigenvalue weighted by Gasteiger charge is 2.42. The molecule has 0 aromatic rings. The number of nitrogens with zero attached hydrogens (tertiary/aromatic N) is 1. The Labute approximate surface area is 116 Å². The van der Waals surface area contributed by atoms with Crippen molar-refractivity contribution >= 4 is 27.7 Å². The largest absolute Gasteiger partial charge is 0.466 e. The van der Waals surface area contributed by atoms with Gasteiger partial charge in [-0.3, -0.25) is 9.59 Å². The number of hydrogen-bond donors (Lipinski definition) is 0. The van der Waals surface area contributed by atoms with Crippen molar-refractivity contribution in [1.29, 1.82) is 5.26 Å². The van der Waals surface area contributed by atoms with E-state index in [1.54, 1.807) is 6.92 Å². The van der Waals surface area contributed by atoms with Crippen LogP contribution in [0.5, 0.6) is 0 Å². The van der Waals surface area contributed by atoms with Crippen LogP contribution in [0.4, 0.5) is 0 Å². The molecule has 1 fully saturated rings. The van der Waals surface area contributed by atoms with E-state index in [0.29, 0.717) is 25.9 Å². The molecule has 0 spiro atoms. The number of ketones is 1. The molecule has 0 N–H and O–H groups in total. The number of rotatable bonds is 6. The quantitative estimate of drug-likeness (QED) is 0.558. The normalized spacial score (nSPS) is 24.6. The highest BCUT2D eigenvalue weighted by atomic mass is 79.9. The Morgan fingerprint density at radius 3 is 2.94 bits per heavy atom. The van der Waals surface area contributed by atoms with Crippen LogP contribution in [0, 0.1) is 29.1 Å². The predicted octanol–water partition coefficient (Wildman–Crippen LogP) is 2.46. The van der Waals surface area contributed by atoms with E-state index < -0.39 is 5.92 Å². The highest BCUT2D eigenvalue weighted by molar-refractivity contribution is 9.09. The molecule has 1 rings (SSSR count). The Hall–Kier alpha value is -0.890. The minimum absolute atomic E-state index is 0.0318. The van der Waals surface area contributed by atoms with Gasteiger partial charge >= 0.3 is 5.97 Å². The van der Waals surface area contributed by atoms with Crippen LogP contribution >= 0.6 is 15.9 Å². The van der Waals surface area contributed by atoms with Crippen LogP contribution < -0.4 is 0 Å². The van der Waals surface area contributed by atoms with Crippen molar-refractivity contribution in [2.45, 2.75) is 32.6 Å². The first kappa shape index (κ1) is 15.2.